The molecule has 1 unspecified atom stereocenters. The maximum atomic E-state index is 5.90. The fourth-order valence-corrected chi connectivity index (χ4v) is 3.84. The smallest absolute Gasteiger partial charge is 0.0830 e. The van der Waals surface area contributed by atoms with Crippen LogP contribution in [-0.4, -0.2) is 25.8 Å². The van der Waals surface area contributed by atoms with Gasteiger partial charge in [-0.05, 0) is 32.2 Å². The van der Waals surface area contributed by atoms with Crippen LogP contribution in [0.1, 0.15) is 57.8 Å². The van der Waals surface area contributed by atoms with Gasteiger partial charge in [0.05, 0.1) is 5.60 Å². The number of rotatable bonds is 5. The van der Waals surface area contributed by atoms with E-state index < -0.39 is 0 Å². The topological polar surface area (TPSA) is 21.3 Å². The number of methoxy groups -OCH3 is 1. The van der Waals surface area contributed by atoms with E-state index in [-0.39, 0.29) is 5.60 Å². The number of hydrogen-bond acceptors (Lipinski definition) is 2. The quantitative estimate of drug-likeness (QED) is 0.776. The molecule has 0 saturated heterocycles. The summed E-state index contributed by atoms with van der Waals surface area (Å²) in [5.74, 6) is 0.949. The molecule has 1 N–H and O–H groups in total. The molecule has 16 heavy (non-hydrogen) atoms. The van der Waals surface area contributed by atoms with Gasteiger partial charge in [0.1, 0.15) is 0 Å². The summed E-state index contributed by atoms with van der Waals surface area (Å²) in [5, 5.41) is 3.54. The first kappa shape index (κ1) is 12.4. The Kier molecular flexibility index (Phi) is 4.26. The highest BCUT2D eigenvalue weighted by atomic mass is 16.5. The number of likely N-dealkylation sites (N-methyl/N-ethyl adjacent to an activating group) is 1. The first-order valence-corrected chi connectivity index (χ1v) is 7.03. The van der Waals surface area contributed by atoms with Crippen molar-refractivity contribution >= 4 is 0 Å². The molecule has 2 fully saturated rings. The maximum absolute atomic E-state index is 5.90. The van der Waals surface area contributed by atoms with Gasteiger partial charge >= 0.3 is 0 Å². The van der Waals surface area contributed by atoms with E-state index in [9.17, 15) is 0 Å². The number of nitrogens with one attached hydrogen (secondary N) is 1. The van der Waals surface area contributed by atoms with Crippen LogP contribution < -0.4 is 5.32 Å². The predicted molar refractivity (Wildman–Crippen MR) is 67.6 cm³/mol. The molecule has 0 aromatic heterocycles. The molecule has 2 aliphatic carbocycles. The summed E-state index contributed by atoms with van der Waals surface area (Å²) < 4.78 is 5.90. The van der Waals surface area contributed by atoms with Crippen LogP contribution in [0.15, 0.2) is 0 Å². The molecule has 2 saturated carbocycles. The maximum Gasteiger partial charge on any atom is 0.0830 e. The molecule has 94 valence electrons. The highest BCUT2D eigenvalue weighted by Crippen LogP contribution is 2.39. The molecule has 0 aromatic rings. The van der Waals surface area contributed by atoms with Crippen molar-refractivity contribution in [1.82, 2.24) is 5.32 Å². The van der Waals surface area contributed by atoms with Gasteiger partial charge in [0.25, 0.3) is 0 Å². The second-order valence-corrected chi connectivity index (χ2v) is 5.70. The van der Waals surface area contributed by atoms with Gasteiger partial charge in [-0.25, -0.2) is 0 Å². The SMILES string of the molecule is CNC(CC1CCCC1)C1(OC)CCCC1. The Hall–Kier alpha value is -0.0800. The number of ether oxygens (including phenoxy) is 1. The Morgan fingerprint density at radius 3 is 2.31 bits per heavy atom. The molecule has 2 rings (SSSR count). The fourth-order valence-electron chi connectivity index (χ4n) is 3.84. The van der Waals surface area contributed by atoms with E-state index in [4.69, 9.17) is 4.74 Å². The first-order chi connectivity index (χ1) is 7.80. The van der Waals surface area contributed by atoms with Gasteiger partial charge in [0.2, 0.25) is 0 Å². The van der Waals surface area contributed by atoms with Gasteiger partial charge in [-0.15, -0.1) is 0 Å². The first-order valence-electron chi connectivity index (χ1n) is 7.03. The minimum atomic E-state index is 0.150. The minimum Gasteiger partial charge on any atom is -0.377 e. The van der Waals surface area contributed by atoms with Crippen molar-refractivity contribution in [3.05, 3.63) is 0 Å². The molecule has 0 bridgehead atoms. The van der Waals surface area contributed by atoms with Gasteiger partial charge in [-0.1, -0.05) is 38.5 Å². The summed E-state index contributed by atoms with van der Waals surface area (Å²) >= 11 is 0. The lowest BCUT2D eigenvalue weighted by Crippen LogP contribution is -2.50. The fraction of sp³-hybridized carbons (Fsp3) is 1.00. The third kappa shape index (κ3) is 2.43. The van der Waals surface area contributed by atoms with Gasteiger partial charge in [-0.3, -0.25) is 0 Å². The largest absolute Gasteiger partial charge is 0.377 e. The Morgan fingerprint density at radius 2 is 1.81 bits per heavy atom. The molecular weight excluding hydrogens is 198 g/mol. The lowest BCUT2D eigenvalue weighted by Gasteiger charge is -2.37. The summed E-state index contributed by atoms with van der Waals surface area (Å²) in [6, 6.07) is 0.572. The molecule has 0 radical (unpaired) electrons. The molecule has 0 aromatic carbocycles. The lowest BCUT2D eigenvalue weighted by molar-refractivity contribution is -0.0395. The molecule has 2 heteroatoms. The van der Waals surface area contributed by atoms with Gasteiger partial charge in [0, 0.05) is 13.2 Å². The van der Waals surface area contributed by atoms with Crippen LogP contribution in [0, 0.1) is 5.92 Å². The zero-order chi connectivity index (χ0) is 11.4. The van der Waals surface area contributed by atoms with Crippen LogP contribution in [0.4, 0.5) is 0 Å². The van der Waals surface area contributed by atoms with Crippen LogP contribution in [0.25, 0.3) is 0 Å². The van der Waals surface area contributed by atoms with Gasteiger partial charge in [0.15, 0.2) is 0 Å². The zero-order valence-electron chi connectivity index (χ0n) is 10.9. The predicted octanol–water partition coefficient (Wildman–Crippen LogP) is 3.11. The minimum absolute atomic E-state index is 0.150. The van der Waals surface area contributed by atoms with Crippen molar-refractivity contribution in [2.75, 3.05) is 14.2 Å². The van der Waals surface area contributed by atoms with Crippen molar-refractivity contribution in [2.24, 2.45) is 5.92 Å². The van der Waals surface area contributed by atoms with Crippen LogP contribution in [0.5, 0.6) is 0 Å². The molecule has 0 aliphatic heterocycles. The Morgan fingerprint density at radius 1 is 1.19 bits per heavy atom. The second kappa shape index (κ2) is 5.50. The third-order valence-corrected chi connectivity index (χ3v) is 4.88. The van der Waals surface area contributed by atoms with Crippen LogP contribution in [0.2, 0.25) is 0 Å². The normalized spacial score (nSPS) is 27.4. The Balaban J connectivity index is 1.96. The molecule has 0 spiro atoms. The van der Waals surface area contributed by atoms with E-state index in [1.807, 2.05) is 7.11 Å². The van der Waals surface area contributed by atoms with Crippen molar-refractivity contribution in [3.8, 4) is 0 Å². The van der Waals surface area contributed by atoms with E-state index in [0.717, 1.165) is 5.92 Å². The standard InChI is InChI=1S/C14H27NO/c1-15-13(11-12-7-3-4-8-12)14(16-2)9-5-6-10-14/h12-13,15H,3-11H2,1-2H3. The summed E-state index contributed by atoms with van der Waals surface area (Å²) in [6.45, 7) is 0. The van der Waals surface area contributed by atoms with E-state index >= 15 is 0 Å². The summed E-state index contributed by atoms with van der Waals surface area (Å²) in [7, 11) is 4.02. The molecule has 0 heterocycles. The summed E-state index contributed by atoms with van der Waals surface area (Å²) in [5.41, 5.74) is 0.150. The molecular formula is C14H27NO. The summed E-state index contributed by atoms with van der Waals surface area (Å²) in [6.07, 6.45) is 12.3. The van der Waals surface area contributed by atoms with Gasteiger partial charge in [-0.2, -0.15) is 0 Å². The highest BCUT2D eigenvalue weighted by molar-refractivity contribution is 4.97. The highest BCUT2D eigenvalue weighted by Gasteiger charge is 2.41. The van der Waals surface area contributed by atoms with Crippen molar-refractivity contribution in [2.45, 2.75) is 69.4 Å². The van der Waals surface area contributed by atoms with Gasteiger partial charge < -0.3 is 10.1 Å². The van der Waals surface area contributed by atoms with Crippen LogP contribution >= 0.6 is 0 Å². The van der Waals surface area contributed by atoms with E-state index in [1.54, 1.807) is 0 Å². The molecule has 1 atom stereocenters. The van der Waals surface area contributed by atoms with E-state index in [0.29, 0.717) is 6.04 Å². The van der Waals surface area contributed by atoms with E-state index in [1.165, 1.54) is 57.8 Å². The van der Waals surface area contributed by atoms with Crippen molar-refractivity contribution < 1.29 is 4.74 Å². The van der Waals surface area contributed by atoms with Crippen LogP contribution in [-0.2, 0) is 4.74 Å². The average molecular weight is 225 g/mol. The Labute approximate surface area is 100 Å². The van der Waals surface area contributed by atoms with Crippen LogP contribution in [0.3, 0.4) is 0 Å². The Bertz CT molecular complexity index is 205. The zero-order valence-corrected chi connectivity index (χ0v) is 10.9. The average Bonchev–Trinajstić information content (AvgIpc) is 2.97. The monoisotopic (exact) mass is 225 g/mol. The molecule has 2 aliphatic rings. The molecule has 0 amide bonds. The lowest BCUT2D eigenvalue weighted by atomic mass is 9.84. The van der Waals surface area contributed by atoms with E-state index in [2.05, 4.69) is 12.4 Å². The summed E-state index contributed by atoms with van der Waals surface area (Å²) in [4.78, 5) is 0. The van der Waals surface area contributed by atoms with Crippen molar-refractivity contribution in [1.29, 1.82) is 0 Å². The van der Waals surface area contributed by atoms with Crippen molar-refractivity contribution in [3.63, 3.8) is 0 Å². The molecule has 2 nitrogen and oxygen atoms in total. The number of hydrogen-bond donors (Lipinski definition) is 1. The second-order valence-electron chi connectivity index (χ2n) is 5.70. The third-order valence-electron chi connectivity index (χ3n) is 4.88.